The summed E-state index contributed by atoms with van der Waals surface area (Å²) in [5, 5.41) is 36.5. The van der Waals surface area contributed by atoms with E-state index in [-0.39, 0.29) is 35.2 Å². The van der Waals surface area contributed by atoms with Gasteiger partial charge in [0.2, 0.25) is 5.95 Å². The molecule has 4 atom stereocenters. The molecule has 274 valence electrons. The van der Waals surface area contributed by atoms with Crippen LogP contribution in [0.5, 0.6) is 0 Å². The third kappa shape index (κ3) is 9.86. The lowest BCUT2D eigenvalue weighted by molar-refractivity contribution is -0.154. The van der Waals surface area contributed by atoms with Crippen molar-refractivity contribution in [3.05, 3.63) is 34.6 Å². The van der Waals surface area contributed by atoms with Crippen LogP contribution in [0.1, 0.15) is 57.7 Å². The fourth-order valence-corrected chi connectivity index (χ4v) is 6.06. The number of rotatable bonds is 16. The van der Waals surface area contributed by atoms with Gasteiger partial charge in [-0.2, -0.15) is 20.0 Å². The zero-order valence-corrected chi connectivity index (χ0v) is 30.0. The van der Waals surface area contributed by atoms with Crippen molar-refractivity contribution in [3.8, 4) is 12.1 Å². The number of ether oxygens (including phenoxy) is 2. The maximum Gasteiger partial charge on any atom is 0.407 e. The van der Waals surface area contributed by atoms with Crippen molar-refractivity contribution in [3.63, 3.8) is 0 Å². The Morgan fingerprint density at radius 1 is 1.22 bits per heavy atom. The summed E-state index contributed by atoms with van der Waals surface area (Å²) in [4.78, 5) is 36.6. The molecule has 0 radical (unpaired) electrons. The van der Waals surface area contributed by atoms with Crippen molar-refractivity contribution >= 4 is 52.5 Å². The van der Waals surface area contributed by atoms with E-state index in [0.717, 1.165) is 19.3 Å². The van der Waals surface area contributed by atoms with Crippen LogP contribution in [0.25, 0.3) is 5.65 Å². The van der Waals surface area contributed by atoms with Gasteiger partial charge in [0.1, 0.15) is 18.2 Å². The maximum absolute atomic E-state index is 13.7. The second-order valence-electron chi connectivity index (χ2n) is 12.5. The van der Waals surface area contributed by atoms with Gasteiger partial charge >= 0.3 is 12.1 Å². The molecule has 1 saturated heterocycles. The Hall–Kier alpha value is -4.94. The number of methoxy groups -OCH3 is 1. The van der Waals surface area contributed by atoms with Crippen LogP contribution in [0, 0.1) is 28.6 Å². The molecular formula is C33H46ClN13O4. The van der Waals surface area contributed by atoms with E-state index in [1.54, 1.807) is 12.1 Å². The number of aromatic nitrogens is 4. The van der Waals surface area contributed by atoms with Gasteiger partial charge in [0.15, 0.2) is 17.2 Å². The van der Waals surface area contributed by atoms with Crippen molar-refractivity contribution in [2.24, 2.45) is 17.4 Å². The number of benzene rings is 1. The smallest absolute Gasteiger partial charge is 0.407 e. The Morgan fingerprint density at radius 3 is 2.67 bits per heavy atom. The van der Waals surface area contributed by atoms with Crippen LogP contribution in [0.4, 0.5) is 27.9 Å². The second kappa shape index (κ2) is 18.3. The largest absolute Gasteiger partial charge is 0.457 e. The number of piperidine rings is 1. The number of imidazole rings is 1. The van der Waals surface area contributed by atoms with Crippen LogP contribution < -0.4 is 37.6 Å². The molecule has 3 aromatic rings. The molecule has 0 aliphatic carbocycles. The lowest BCUT2D eigenvalue weighted by atomic mass is 9.99. The molecule has 8 N–H and O–H groups in total. The van der Waals surface area contributed by atoms with Gasteiger partial charge in [-0.05, 0) is 50.8 Å². The molecule has 4 rings (SSSR count). The molecule has 18 heteroatoms. The first kappa shape index (κ1) is 38.9. The number of hydrogen-bond donors (Lipinski definition) is 6. The first-order valence-corrected chi connectivity index (χ1v) is 17.3. The Balaban J connectivity index is 1.60. The summed E-state index contributed by atoms with van der Waals surface area (Å²) in [6.45, 7) is 7.82. The third-order valence-corrected chi connectivity index (χ3v) is 8.85. The van der Waals surface area contributed by atoms with Gasteiger partial charge in [-0.3, -0.25) is 4.79 Å². The molecule has 1 unspecified atom stereocenters. The number of esters is 1. The number of hydrogen-bond acceptors (Lipinski definition) is 15. The summed E-state index contributed by atoms with van der Waals surface area (Å²) >= 11 is 7.00. The van der Waals surface area contributed by atoms with Gasteiger partial charge in [0.05, 0.1) is 53.9 Å². The normalized spacial score (nSPS) is 16.9. The minimum atomic E-state index is -0.802. The quantitative estimate of drug-likeness (QED) is 0.0918. The van der Waals surface area contributed by atoms with Crippen LogP contribution in [-0.4, -0.2) is 95.7 Å². The molecule has 17 nitrogen and oxygen atoms in total. The lowest BCUT2D eigenvalue weighted by Gasteiger charge is -2.40. The third-order valence-electron chi connectivity index (χ3n) is 8.46. The van der Waals surface area contributed by atoms with E-state index >= 15 is 0 Å². The number of anilines is 4. The maximum atomic E-state index is 13.7. The number of carbonyl (C=O) groups excluding carboxylic acids is 2. The minimum absolute atomic E-state index is 0.106. The number of nitriles is 2. The van der Waals surface area contributed by atoms with E-state index in [0.29, 0.717) is 61.0 Å². The van der Waals surface area contributed by atoms with Crippen molar-refractivity contribution in [2.75, 3.05) is 55.4 Å². The minimum Gasteiger partial charge on any atom is -0.457 e. The predicted molar refractivity (Wildman–Crippen MR) is 193 cm³/mol. The zero-order chi connectivity index (χ0) is 37.1. The van der Waals surface area contributed by atoms with Gasteiger partial charge in [-0.15, -0.1) is 5.10 Å². The average molecular weight is 724 g/mol. The topological polar surface area (TPSA) is 247 Å². The Kier molecular flexibility index (Phi) is 14.0. The predicted octanol–water partition coefficient (Wildman–Crippen LogP) is 2.61. The summed E-state index contributed by atoms with van der Waals surface area (Å²) in [6, 6.07) is 6.06. The highest BCUT2D eigenvalue weighted by molar-refractivity contribution is 6.36. The van der Waals surface area contributed by atoms with Gasteiger partial charge in [0, 0.05) is 25.7 Å². The lowest BCUT2D eigenvalue weighted by Crippen LogP contribution is -2.57. The summed E-state index contributed by atoms with van der Waals surface area (Å²) in [5.41, 5.74) is 13.6. The standard InChI is InChI=1S/C33H46ClN13O4/c1-5-39-29-30-41-17-22(15-37)47(30)45-32(44-29)42-24-12-20(14-36)13-25(27(24)34)46-11-9-23(43-33(49)50-4)26(18-46)51-31(48)28(19(2)3)40-16-21(38)8-6-7-10-35/h12-13,17,19,21,23,26,28,40H,5-11,16,18,35,38H2,1-4H3,(H,43,49)(H2,39,42,44,45)/t21-,23+,26+,28?/m0/s1. The van der Waals surface area contributed by atoms with Crippen molar-refractivity contribution in [2.45, 2.75) is 70.7 Å². The Labute approximate surface area is 302 Å². The second-order valence-corrected chi connectivity index (χ2v) is 12.9. The van der Waals surface area contributed by atoms with E-state index in [1.165, 1.54) is 17.8 Å². The highest BCUT2D eigenvalue weighted by Gasteiger charge is 2.37. The number of nitrogens with two attached hydrogens (primary N) is 2. The number of carbonyl (C=O) groups is 2. The number of alkyl carbamates (subject to hydrolysis) is 1. The van der Waals surface area contributed by atoms with Crippen LogP contribution in [0.2, 0.25) is 5.02 Å². The number of nitrogens with zero attached hydrogens (tertiary/aromatic N) is 7. The summed E-state index contributed by atoms with van der Waals surface area (Å²) in [6.07, 6.45) is 2.87. The van der Waals surface area contributed by atoms with Crippen molar-refractivity contribution in [1.29, 1.82) is 10.5 Å². The number of halogens is 1. The summed E-state index contributed by atoms with van der Waals surface area (Å²) < 4.78 is 12.3. The van der Waals surface area contributed by atoms with E-state index in [1.807, 2.05) is 25.7 Å². The average Bonchev–Trinajstić information content (AvgIpc) is 3.53. The van der Waals surface area contributed by atoms with Gasteiger partial charge in [0.25, 0.3) is 0 Å². The monoisotopic (exact) mass is 723 g/mol. The van der Waals surface area contributed by atoms with Crippen LogP contribution in [0.3, 0.4) is 0 Å². The molecule has 0 saturated carbocycles. The van der Waals surface area contributed by atoms with Crippen molar-refractivity contribution in [1.82, 2.24) is 30.2 Å². The van der Waals surface area contributed by atoms with Crippen LogP contribution in [0.15, 0.2) is 18.3 Å². The Bertz CT molecular complexity index is 1750. The van der Waals surface area contributed by atoms with Gasteiger partial charge < -0.3 is 47.1 Å². The molecule has 1 amide bonds. The van der Waals surface area contributed by atoms with Crippen LogP contribution in [-0.2, 0) is 14.3 Å². The molecule has 1 fully saturated rings. The number of fused-ring (bicyclic) bond motifs is 1. The molecule has 0 bridgehead atoms. The van der Waals surface area contributed by atoms with Crippen molar-refractivity contribution < 1.29 is 19.1 Å². The molecule has 1 aromatic carbocycles. The number of unbranched alkanes of at least 4 members (excludes halogenated alkanes) is 1. The highest BCUT2D eigenvalue weighted by atomic mass is 35.5. The van der Waals surface area contributed by atoms with E-state index in [2.05, 4.69) is 48.5 Å². The fourth-order valence-electron chi connectivity index (χ4n) is 5.79. The molecule has 0 spiro atoms. The fraction of sp³-hybridized carbons (Fsp3) is 0.545. The van der Waals surface area contributed by atoms with E-state index in [4.69, 9.17) is 32.5 Å². The van der Waals surface area contributed by atoms with E-state index in [9.17, 15) is 20.1 Å². The first-order chi connectivity index (χ1) is 24.5. The van der Waals surface area contributed by atoms with Gasteiger partial charge in [-0.25, -0.2) is 9.78 Å². The summed E-state index contributed by atoms with van der Waals surface area (Å²) in [5.74, 6) is -0.0917. The first-order valence-electron chi connectivity index (χ1n) is 16.9. The molecular weight excluding hydrogens is 678 g/mol. The zero-order valence-electron chi connectivity index (χ0n) is 29.3. The Morgan fingerprint density at radius 2 is 2.00 bits per heavy atom. The molecule has 51 heavy (non-hydrogen) atoms. The number of nitrogens with one attached hydrogen (secondary N) is 4. The number of amides is 1. The molecule has 2 aromatic heterocycles. The van der Waals surface area contributed by atoms with Gasteiger partial charge in [-0.1, -0.05) is 31.9 Å². The van der Waals surface area contributed by atoms with E-state index < -0.39 is 30.3 Å². The molecule has 1 aliphatic rings. The molecule has 1 aliphatic heterocycles. The summed E-state index contributed by atoms with van der Waals surface area (Å²) in [7, 11) is 1.26. The SMILES string of the molecule is CCNc1nc(Nc2cc(C#N)cc(N3CC[C@@H](NC(=O)OC)[C@H](OC(=O)C(NC[C@@H](N)CCCCN)C(C)C)C3)c2Cl)nn2c(C#N)cnc12. The van der Waals surface area contributed by atoms with Crippen LogP contribution >= 0.6 is 11.6 Å². The highest BCUT2D eigenvalue weighted by Crippen LogP contribution is 2.37. The molecule has 3 heterocycles.